The van der Waals surface area contributed by atoms with Gasteiger partial charge in [-0.05, 0) is 0 Å². The molecule has 1 heterocycles. The van der Waals surface area contributed by atoms with Crippen molar-refractivity contribution in [3.05, 3.63) is 35.9 Å². The Hall–Kier alpha value is -0.571. The summed E-state index contributed by atoms with van der Waals surface area (Å²) in [5.74, 6) is 0.572. The topological polar surface area (TPSA) is 12.9 Å². The molecule has 2 aromatic rings. The summed E-state index contributed by atoms with van der Waals surface area (Å²) in [7, 11) is 0. The van der Waals surface area contributed by atoms with Crippen LogP contribution in [0.5, 0.6) is 0 Å². The van der Waals surface area contributed by atoms with E-state index in [4.69, 9.17) is 4.98 Å². The zero-order valence-corrected chi connectivity index (χ0v) is 20.6. The van der Waals surface area contributed by atoms with Crippen LogP contribution in [0.3, 0.4) is 0 Å². The first-order valence-electron chi connectivity index (χ1n) is 11.0. The van der Waals surface area contributed by atoms with Crippen molar-refractivity contribution in [2.45, 2.75) is 92.4 Å². The van der Waals surface area contributed by atoms with E-state index in [2.05, 4.69) is 65.0 Å². The van der Waals surface area contributed by atoms with Gasteiger partial charge in [0, 0.05) is 0 Å². The third kappa shape index (κ3) is 5.24. The van der Waals surface area contributed by atoms with Gasteiger partial charge >= 0.3 is 166 Å². The monoisotopic (exact) mass is 461 g/mol. The molecule has 0 amide bonds. The summed E-state index contributed by atoms with van der Waals surface area (Å²) in [6.07, 6.45) is 8.16. The fraction of sp³-hybridized carbons (Fsp3) is 0.625. The molecular formula is C24H39NSn. The first-order chi connectivity index (χ1) is 12.6. The second-order valence-electron chi connectivity index (χ2n) is 8.36. The molecule has 1 nitrogen and oxygen atoms in total. The van der Waals surface area contributed by atoms with Crippen molar-refractivity contribution in [1.82, 2.24) is 4.98 Å². The van der Waals surface area contributed by atoms with Crippen molar-refractivity contribution in [3.8, 4) is 0 Å². The summed E-state index contributed by atoms with van der Waals surface area (Å²) in [4.78, 5) is 5.42. The van der Waals surface area contributed by atoms with Crippen LogP contribution in [0, 0.1) is 0 Å². The van der Waals surface area contributed by atoms with Crippen molar-refractivity contribution in [1.29, 1.82) is 0 Å². The fourth-order valence-corrected chi connectivity index (χ4v) is 21.1. The van der Waals surface area contributed by atoms with Gasteiger partial charge < -0.3 is 0 Å². The Bertz CT molecular complexity index is 655. The molecule has 0 spiro atoms. The van der Waals surface area contributed by atoms with Crippen molar-refractivity contribution in [2.24, 2.45) is 0 Å². The third-order valence-corrected chi connectivity index (χ3v) is 21.1. The van der Waals surface area contributed by atoms with E-state index in [-0.39, 0.29) is 0 Å². The Morgan fingerprint density at radius 2 is 1.38 bits per heavy atom. The Balaban J connectivity index is 2.63. The van der Waals surface area contributed by atoms with Crippen LogP contribution in [-0.4, -0.2) is 23.4 Å². The molecule has 0 radical (unpaired) electrons. The van der Waals surface area contributed by atoms with Gasteiger partial charge in [0.05, 0.1) is 0 Å². The van der Waals surface area contributed by atoms with E-state index < -0.39 is 18.4 Å². The van der Waals surface area contributed by atoms with Crippen LogP contribution in [0.2, 0.25) is 13.3 Å². The molecule has 26 heavy (non-hydrogen) atoms. The number of para-hydroxylation sites is 1. The first-order valence-corrected chi connectivity index (χ1v) is 18.5. The number of hydrogen-bond acceptors (Lipinski definition) is 1. The van der Waals surface area contributed by atoms with Gasteiger partial charge in [-0.3, -0.25) is 0 Å². The molecule has 0 saturated carbocycles. The van der Waals surface area contributed by atoms with Gasteiger partial charge in [-0.15, -0.1) is 0 Å². The molecule has 0 N–H and O–H groups in total. The van der Waals surface area contributed by atoms with Crippen molar-refractivity contribution in [3.63, 3.8) is 0 Å². The van der Waals surface area contributed by atoms with Crippen LogP contribution in [0.1, 0.15) is 84.6 Å². The Labute approximate surface area is 165 Å². The second kappa shape index (κ2) is 10.7. The summed E-state index contributed by atoms with van der Waals surface area (Å²) in [6, 6.07) is 11.2. The number of fused-ring (bicyclic) bond motifs is 1. The molecule has 2 rings (SSSR count). The van der Waals surface area contributed by atoms with Gasteiger partial charge in [-0.1, -0.05) is 0 Å². The average molecular weight is 460 g/mol. The number of aromatic nitrogens is 1. The molecule has 2 heteroatoms. The molecule has 0 aliphatic heterocycles. The molecule has 1 aromatic carbocycles. The number of pyridine rings is 1. The maximum atomic E-state index is 5.42. The zero-order valence-electron chi connectivity index (χ0n) is 17.8. The third-order valence-electron chi connectivity index (χ3n) is 5.90. The van der Waals surface area contributed by atoms with E-state index >= 15 is 0 Å². The van der Waals surface area contributed by atoms with Crippen LogP contribution >= 0.6 is 0 Å². The van der Waals surface area contributed by atoms with Gasteiger partial charge in [0.1, 0.15) is 0 Å². The quantitative estimate of drug-likeness (QED) is 0.318. The van der Waals surface area contributed by atoms with Gasteiger partial charge in [-0.25, -0.2) is 0 Å². The van der Waals surface area contributed by atoms with Crippen LogP contribution in [0.15, 0.2) is 30.3 Å². The molecule has 144 valence electrons. The van der Waals surface area contributed by atoms with Gasteiger partial charge in [0.2, 0.25) is 0 Å². The SMILES string of the molecule is CCC[CH2][Sn]([CH2]CCC)([CH2]CCC)[c]1nc2ccccc2cc1C(C)C. The number of benzene rings is 1. The van der Waals surface area contributed by atoms with Crippen LogP contribution in [-0.2, 0) is 0 Å². The predicted molar refractivity (Wildman–Crippen MR) is 120 cm³/mol. The zero-order chi connectivity index (χ0) is 19.0. The summed E-state index contributed by atoms with van der Waals surface area (Å²) in [6.45, 7) is 11.8. The second-order valence-corrected chi connectivity index (χ2v) is 21.3. The van der Waals surface area contributed by atoms with E-state index in [9.17, 15) is 0 Å². The number of hydrogen-bond donors (Lipinski definition) is 0. The summed E-state index contributed by atoms with van der Waals surface area (Å²) in [5.41, 5.74) is 2.79. The Morgan fingerprint density at radius 1 is 0.846 bits per heavy atom. The maximum absolute atomic E-state index is 5.42. The minimum atomic E-state index is -2.51. The van der Waals surface area contributed by atoms with E-state index in [0.717, 1.165) is 0 Å². The van der Waals surface area contributed by atoms with Crippen LogP contribution in [0.25, 0.3) is 10.9 Å². The van der Waals surface area contributed by atoms with Gasteiger partial charge in [0.25, 0.3) is 0 Å². The minimum absolute atomic E-state index is 0.572. The summed E-state index contributed by atoms with van der Waals surface area (Å²) < 4.78 is 6.12. The molecule has 0 atom stereocenters. The fourth-order valence-electron chi connectivity index (χ4n) is 4.27. The van der Waals surface area contributed by atoms with Gasteiger partial charge in [0.15, 0.2) is 0 Å². The molecule has 0 fully saturated rings. The standard InChI is InChI=1S/C12H12N.3C4H9.Sn/c1-9(2)11-7-10-5-3-4-6-12(10)13-8-11;3*1-3-4-2;/h3-7,9H,1-2H3;3*1,3-4H2,2H3;. The molecule has 0 saturated heterocycles. The molecule has 1 aromatic heterocycles. The predicted octanol–water partition coefficient (Wildman–Crippen LogP) is 7.41. The average Bonchev–Trinajstić information content (AvgIpc) is 2.66. The Morgan fingerprint density at radius 3 is 1.88 bits per heavy atom. The van der Waals surface area contributed by atoms with Crippen LogP contribution in [0.4, 0.5) is 0 Å². The van der Waals surface area contributed by atoms with E-state index in [1.165, 1.54) is 62.7 Å². The molecular weight excluding hydrogens is 421 g/mol. The number of unbranched alkanes of at least 4 members (excludes halogenated alkanes) is 3. The number of rotatable bonds is 11. The van der Waals surface area contributed by atoms with E-state index in [0.29, 0.717) is 5.92 Å². The summed E-state index contributed by atoms with van der Waals surface area (Å²) >= 11 is -2.51. The summed E-state index contributed by atoms with van der Waals surface area (Å²) in [5, 5.41) is 1.32. The van der Waals surface area contributed by atoms with E-state index in [1.807, 2.05) is 0 Å². The first kappa shape index (κ1) is 21.7. The van der Waals surface area contributed by atoms with E-state index in [1.54, 1.807) is 9.27 Å². The molecule has 0 bridgehead atoms. The molecule has 0 unspecified atom stereocenters. The molecule has 0 aliphatic rings. The van der Waals surface area contributed by atoms with Crippen molar-refractivity contribution < 1.29 is 0 Å². The Kier molecular flexibility index (Phi) is 8.93. The van der Waals surface area contributed by atoms with Crippen LogP contribution < -0.4 is 3.71 Å². The number of nitrogens with zero attached hydrogens (tertiary/aromatic N) is 1. The molecule has 0 aliphatic carbocycles. The van der Waals surface area contributed by atoms with Gasteiger partial charge in [-0.2, -0.15) is 0 Å². The van der Waals surface area contributed by atoms with Crippen molar-refractivity contribution in [2.75, 3.05) is 0 Å². The van der Waals surface area contributed by atoms with Crippen molar-refractivity contribution >= 4 is 33.0 Å². The normalized spacial score (nSPS) is 12.2.